The van der Waals surface area contributed by atoms with Crippen molar-refractivity contribution in [1.82, 2.24) is 5.32 Å². The molecule has 3 N–H and O–H groups in total. The maximum atomic E-state index is 13.6. The van der Waals surface area contributed by atoms with Crippen molar-refractivity contribution < 1.29 is 40.9 Å². The van der Waals surface area contributed by atoms with Crippen LogP contribution < -0.4 is 16.0 Å². The Morgan fingerprint density at radius 2 is 1.16 bits per heavy atom. The molecule has 1 heterocycles. The average molecular weight is 605 g/mol. The standard InChI is InChI=1S/C29H22F6N4O4/c1-15-23(26(40)37-20-7-3-5-18(13-20)28(30,31)32)25(17-9-11-22(12-10-17)39(42)43)24(16(2)36-15)27(41)38-21-8-4-6-19(14-21)29(33,34)35/h3-14,25,36H,1-2H3,(H,37,40)(H,38,41). The molecule has 0 unspecified atom stereocenters. The van der Waals surface area contributed by atoms with Crippen LogP contribution in [0.5, 0.6) is 0 Å². The number of non-ortho nitro benzene ring substituents is 1. The fourth-order valence-corrected chi connectivity index (χ4v) is 4.66. The Morgan fingerprint density at radius 1 is 0.744 bits per heavy atom. The first-order valence-corrected chi connectivity index (χ1v) is 12.5. The van der Waals surface area contributed by atoms with Crippen molar-refractivity contribution in [3.8, 4) is 0 Å². The molecule has 4 rings (SSSR count). The number of dihydropyridines is 1. The van der Waals surface area contributed by atoms with Gasteiger partial charge in [-0.3, -0.25) is 19.7 Å². The highest BCUT2D eigenvalue weighted by atomic mass is 19.4. The van der Waals surface area contributed by atoms with Crippen LogP contribution in [-0.2, 0) is 21.9 Å². The molecular weight excluding hydrogens is 582 g/mol. The number of nitro groups is 1. The Hall–Kier alpha value is -5.14. The van der Waals surface area contributed by atoms with Crippen molar-refractivity contribution in [3.63, 3.8) is 0 Å². The van der Waals surface area contributed by atoms with Crippen molar-refractivity contribution in [3.05, 3.63) is 122 Å². The lowest BCUT2D eigenvalue weighted by atomic mass is 9.79. The molecule has 0 aromatic heterocycles. The summed E-state index contributed by atoms with van der Waals surface area (Å²) in [5.74, 6) is -2.99. The van der Waals surface area contributed by atoms with Crippen LogP contribution >= 0.6 is 0 Å². The molecule has 1 aliphatic heterocycles. The maximum Gasteiger partial charge on any atom is 0.416 e. The highest BCUT2D eigenvalue weighted by Crippen LogP contribution is 2.40. The minimum absolute atomic E-state index is 0.106. The third kappa shape index (κ3) is 6.85. The number of carbonyl (C=O) groups is 2. The number of nitrogens with one attached hydrogen (secondary N) is 3. The fraction of sp³-hybridized carbons (Fsp3) is 0.172. The molecule has 0 aliphatic carbocycles. The molecule has 14 heteroatoms. The van der Waals surface area contributed by atoms with Gasteiger partial charge in [0, 0.05) is 52.0 Å². The largest absolute Gasteiger partial charge is 0.416 e. The van der Waals surface area contributed by atoms with Crippen LogP contribution in [0.2, 0.25) is 0 Å². The molecule has 0 fully saturated rings. The van der Waals surface area contributed by atoms with Crippen molar-refractivity contribution >= 4 is 28.9 Å². The summed E-state index contributed by atoms with van der Waals surface area (Å²) in [6.07, 6.45) is -9.36. The molecule has 0 spiro atoms. The van der Waals surface area contributed by atoms with Gasteiger partial charge in [-0.15, -0.1) is 0 Å². The zero-order valence-corrected chi connectivity index (χ0v) is 22.4. The Bertz CT molecular complexity index is 1570. The third-order valence-corrected chi connectivity index (χ3v) is 6.58. The monoisotopic (exact) mass is 604 g/mol. The zero-order valence-electron chi connectivity index (χ0n) is 22.4. The minimum atomic E-state index is -4.68. The normalized spacial score (nSPS) is 14.3. The van der Waals surface area contributed by atoms with E-state index in [1.807, 2.05) is 0 Å². The summed E-state index contributed by atoms with van der Waals surface area (Å²) >= 11 is 0. The van der Waals surface area contributed by atoms with Gasteiger partial charge < -0.3 is 16.0 Å². The second kappa shape index (κ2) is 11.6. The summed E-state index contributed by atoms with van der Waals surface area (Å²) in [5, 5.41) is 18.9. The van der Waals surface area contributed by atoms with Gasteiger partial charge >= 0.3 is 12.4 Å². The van der Waals surface area contributed by atoms with Gasteiger partial charge in [0.05, 0.1) is 16.1 Å². The van der Waals surface area contributed by atoms with Crippen molar-refractivity contribution in [2.45, 2.75) is 32.1 Å². The summed E-state index contributed by atoms with van der Waals surface area (Å²) in [5.41, 5.74) is -2.23. The number of rotatable bonds is 6. The second-order valence-corrected chi connectivity index (χ2v) is 9.55. The molecule has 0 radical (unpaired) electrons. The van der Waals surface area contributed by atoms with E-state index in [9.17, 15) is 46.0 Å². The predicted molar refractivity (Wildman–Crippen MR) is 145 cm³/mol. The first kappa shape index (κ1) is 30.8. The van der Waals surface area contributed by atoms with E-state index in [1.165, 1.54) is 38.1 Å². The molecular formula is C29H22F6N4O4. The number of anilines is 2. The third-order valence-electron chi connectivity index (χ3n) is 6.58. The van der Waals surface area contributed by atoms with E-state index in [1.54, 1.807) is 0 Å². The SMILES string of the molecule is CC1=C(C(=O)Nc2cccc(C(F)(F)F)c2)C(c2ccc([N+](=O)[O-])cc2)C(C(=O)Nc2cccc(C(F)(F)F)c2)=C(C)N1. The van der Waals surface area contributed by atoms with Gasteiger partial charge in [-0.05, 0) is 55.8 Å². The van der Waals surface area contributed by atoms with E-state index < -0.39 is 46.1 Å². The molecule has 0 saturated carbocycles. The van der Waals surface area contributed by atoms with E-state index in [2.05, 4.69) is 16.0 Å². The van der Waals surface area contributed by atoms with Gasteiger partial charge in [-0.2, -0.15) is 26.3 Å². The van der Waals surface area contributed by atoms with Gasteiger partial charge in [-0.25, -0.2) is 0 Å². The van der Waals surface area contributed by atoms with Gasteiger partial charge in [0.1, 0.15) is 0 Å². The van der Waals surface area contributed by atoms with Crippen LogP contribution in [-0.4, -0.2) is 16.7 Å². The number of carbonyl (C=O) groups excluding carboxylic acids is 2. The summed E-state index contributed by atoms with van der Waals surface area (Å²) < 4.78 is 79.5. The summed E-state index contributed by atoms with van der Waals surface area (Å²) in [7, 11) is 0. The Balaban J connectivity index is 1.77. The smallest absolute Gasteiger partial charge is 0.362 e. The van der Waals surface area contributed by atoms with Crippen LogP contribution in [0.3, 0.4) is 0 Å². The van der Waals surface area contributed by atoms with Crippen LogP contribution in [0.25, 0.3) is 0 Å². The van der Waals surface area contributed by atoms with Crippen molar-refractivity contribution in [2.24, 2.45) is 0 Å². The highest BCUT2D eigenvalue weighted by Gasteiger charge is 2.38. The van der Waals surface area contributed by atoms with Crippen LogP contribution in [0.15, 0.2) is 95.3 Å². The first-order valence-electron chi connectivity index (χ1n) is 12.5. The predicted octanol–water partition coefficient (Wildman–Crippen LogP) is 7.14. The molecule has 0 bridgehead atoms. The number of allylic oxidation sites excluding steroid dienone is 2. The molecule has 2 amide bonds. The van der Waals surface area contributed by atoms with Gasteiger partial charge in [0.2, 0.25) is 0 Å². The number of halogens is 6. The molecule has 3 aromatic rings. The average Bonchev–Trinajstić information content (AvgIpc) is 2.92. The molecule has 0 atom stereocenters. The van der Waals surface area contributed by atoms with Crippen LogP contribution in [0, 0.1) is 10.1 Å². The number of nitro benzene ring substituents is 1. The van der Waals surface area contributed by atoms with Crippen LogP contribution in [0.1, 0.15) is 36.5 Å². The Labute approximate surface area is 240 Å². The van der Waals surface area contributed by atoms with Crippen molar-refractivity contribution in [2.75, 3.05) is 10.6 Å². The number of nitrogens with zero attached hydrogens (tertiary/aromatic N) is 1. The lowest BCUT2D eigenvalue weighted by Gasteiger charge is -2.31. The van der Waals surface area contributed by atoms with E-state index in [-0.39, 0.29) is 45.2 Å². The van der Waals surface area contributed by atoms with Gasteiger partial charge in [0.15, 0.2) is 0 Å². The lowest BCUT2D eigenvalue weighted by Crippen LogP contribution is -2.35. The molecule has 224 valence electrons. The molecule has 0 saturated heterocycles. The summed E-state index contributed by atoms with van der Waals surface area (Å²) in [6, 6.07) is 12.7. The summed E-state index contributed by atoms with van der Waals surface area (Å²) in [6.45, 7) is 2.98. The van der Waals surface area contributed by atoms with E-state index >= 15 is 0 Å². The van der Waals surface area contributed by atoms with E-state index in [4.69, 9.17) is 0 Å². The lowest BCUT2D eigenvalue weighted by molar-refractivity contribution is -0.384. The molecule has 43 heavy (non-hydrogen) atoms. The Morgan fingerprint density at radius 3 is 1.53 bits per heavy atom. The van der Waals surface area contributed by atoms with Crippen molar-refractivity contribution in [1.29, 1.82) is 0 Å². The Kier molecular flexibility index (Phi) is 8.33. The molecule has 1 aliphatic rings. The quantitative estimate of drug-likeness (QED) is 0.157. The first-order chi connectivity index (χ1) is 20.1. The highest BCUT2D eigenvalue weighted by molar-refractivity contribution is 6.12. The topological polar surface area (TPSA) is 113 Å². The number of amides is 2. The van der Waals surface area contributed by atoms with Crippen LogP contribution in [0.4, 0.5) is 43.4 Å². The van der Waals surface area contributed by atoms with E-state index in [0.29, 0.717) is 0 Å². The maximum absolute atomic E-state index is 13.6. The number of benzene rings is 3. The molecule has 3 aromatic carbocycles. The summed E-state index contributed by atoms with van der Waals surface area (Å²) in [4.78, 5) is 37.8. The minimum Gasteiger partial charge on any atom is -0.362 e. The van der Waals surface area contributed by atoms with Gasteiger partial charge in [0.25, 0.3) is 17.5 Å². The van der Waals surface area contributed by atoms with Gasteiger partial charge in [-0.1, -0.05) is 24.3 Å². The number of hydrogen-bond donors (Lipinski definition) is 3. The molecule has 8 nitrogen and oxygen atoms in total. The second-order valence-electron chi connectivity index (χ2n) is 9.55. The fourth-order valence-electron chi connectivity index (χ4n) is 4.66. The number of alkyl halides is 6. The number of hydrogen-bond acceptors (Lipinski definition) is 5. The zero-order chi connectivity index (χ0) is 31.7. The van der Waals surface area contributed by atoms with E-state index in [0.717, 1.165) is 48.5 Å².